The minimum Gasteiger partial charge on any atom is -0.395 e. The second-order valence-corrected chi connectivity index (χ2v) is 4.86. The quantitative estimate of drug-likeness (QED) is 0.738. The summed E-state index contributed by atoms with van der Waals surface area (Å²) in [5.41, 5.74) is 1.75. The van der Waals surface area contributed by atoms with Gasteiger partial charge < -0.3 is 14.7 Å². The number of imidazole rings is 1. The van der Waals surface area contributed by atoms with Gasteiger partial charge in [0.25, 0.3) is 0 Å². The molecule has 6 heteroatoms. The molecule has 0 aliphatic carbocycles. The SMILES string of the molecule is CC(=O)c1cc(CN(CCO)Cc2ncc[nH]2)n(C)c1. The van der Waals surface area contributed by atoms with Crippen LogP contribution in [-0.2, 0) is 20.1 Å². The van der Waals surface area contributed by atoms with Crippen LogP contribution < -0.4 is 0 Å². The lowest BCUT2D eigenvalue weighted by Crippen LogP contribution is -2.27. The number of ketones is 1. The van der Waals surface area contributed by atoms with Gasteiger partial charge in [-0.2, -0.15) is 0 Å². The molecule has 2 aromatic rings. The van der Waals surface area contributed by atoms with Crippen molar-refractivity contribution in [1.29, 1.82) is 0 Å². The normalized spacial score (nSPS) is 11.2. The van der Waals surface area contributed by atoms with Crippen LogP contribution >= 0.6 is 0 Å². The molecule has 2 heterocycles. The third-order valence-corrected chi connectivity index (χ3v) is 3.24. The van der Waals surface area contributed by atoms with E-state index in [1.165, 1.54) is 0 Å². The summed E-state index contributed by atoms with van der Waals surface area (Å²) >= 11 is 0. The van der Waals surface area contributed by atoms with Gasteiger partial charge in [-0.15, -0.1) is 0 Å². The first-order valence-corrected chi connectivity index (χ1v) is 6.58. The highest BCUT2D eigenvalue weighted by molar-refractivity contribution is 5.94. The number of nitrogens with one attached hydrogen (secondary N) is 1. The number of Topliss-reactive ketones (excluding diaryl/α,β-unsaturated/α-hetero) is 1. The Morgan fingerprint density at radius 2 is 2.30 bits per heavy atom. The first-order chi connectivity index (χ1) is 9.60. The molecule has 0 fully saturated rings. The van der Waals surface area contributed by atoms with Crippen LogP contribution in [-0.4, -0.2) is 43.5 Å². The largest absolute Gasteiger partial charge is 0.395 e. The van der Waals surface area contributed by atoms with Crippen molar-refractivity contribution in [3.05, 3.63) is 41.7 Å². The van der Waals surface area contributed by atoms with Gasteiger partial charge in [0.1, 0.15) is 5.82 Å². The number of hydrogen-bond donors (Lipinski definition) is 2. The van der Waals surface area contributed by atoms with Gasteiger partial charge in [-0.1, -0.05) is 0 Å². The zero-order valence-electron chi connectivity index (χ0n) is 11.8. The van der Waals surface area contributed by atoms with Gasteiger partial charge in [-0.05, 0) is 13.0 Å². The number of carbonyl (C=O) groups is 1. The number of aromatic amines is 1. The van der Waals surface area contributed by atoms with Crippen molar-refractivity contribution in [2.75, 3.05) is 13.2 Å². The summed E-state index contributed by atoms with van der Waals surface area (Å²) in [7, 11) is 1.92. The molecular formula is C14H20N4O2. The second kappa shape index (κ2) is 6.49. The summed E-state index contributed by atoms with van der Waals surface area (Å²) in [4.78, 5) is 20.7. The molecule has 0 aromatic carbocycles. The molecule has 6 nitrogen and oxygen atoms in total. The minimum atomic E-state index is 0.0617. The summed E-state index contributed by atoms with van der Waals surface area (Å²) < 4.78 is 1.95. The average Bonchev–Trinajstić information content (AvgIpc) is 3.00. The number of carbonyl (C=O) groups excluding carboxylic acids is 1. The maximum atomic E-state index is 11.4. The number of rotatable bonds is 7. The van der Waals surface area contributed by atoms with Gasteiger partial charge >= 0.3 is 0 Å². The van der Waals surface area contributed by atoms with E-state index in [1.54, 1.807) is 19.3 Å². The molecule has 0 bridgehead atoms. The predicted molar refractivity (Wildman–Crippen MR) is 75.2 cm³/mol. The molecule has 0 amide bonds. The maximum Gasteiger partial charge on any atom is 0.161 e. The van der Waals surface area contributed by atoms with E-state index in [9.17, 15) is 9.90 Å². The molecule has 2 rings (SSSR count). The zero-order valence-corrected chi connectivity index (χ0v) is 11.8. The number of aliphatic hydroxyl groups is 1. The van der Waals surface area contributed by atoms with Crippen LogP contribution in [0.3, 0.4) is 0 Å². The van der Waals surface area contributed by atoms with E-state index in [-0.39, 0.29) is 12.4 Å². The van der Waals surface area contributed by atoms with Crippen molar-refractivity contribution >= 4 is 5.78 Å². The number of H-pyrrole nitrogens is 1. The Bertz CT molecular complexity index is 560. The van der Waals surface area contributed by atoms with Crippen LogP contribution in [0.2, 0.25) is 0 Å². The molecule has 108 valence electrons. The van der Waals surface area contributed by atoms with Gasteiger partial charge in [0.2, 0.25) is 0 Å². The third kappa shape index (κ3) is 3.55. The Morgan fingerprint density at radius 1 is 1.50 bits per heavy atom. The Hall–Kier alpha value is -1.92. The van der Waals surface area contributed by atoms with E-state index < -0.39 is 0 Å². The van der Waals surface area contributed by atoms with E-state index >= 15 is 0 Å². The van der Waals surface area contributed by atoms with Crippen LogP contribution in [0.25, 0.3) is 0 Å². The molecular weight excluding hydrogens is 256 g/mol. The maximum absolute atomic E-state index is 11.4. The fourth-order valence-corrected chi connectivity index (χ4v) is 2.14. The van der Waals surface area contributed by atoms with Crippen molar-refractivity contribution in [2.24, 2.45) is 7.05 Å². The zero-order chi connectivity index (χ0) is 14.5. The Labute approximate surface area is 118 Å². The predicted octanol–water partition coefficient (Wildman–Crippen LogP) is 0.945. The lowest BCUT2D eigenvalue weighted by Gasteiger charge is -2.20. The van der Waals surface area contributed by atoms with Crippen LogP contribution in [0.5, 0.6) is 0 Å². The molecule has 0 unspecified atom stereocenters. The Balaban J connectivity index is 2.09. The second-order valence-electron chi connectivity index (χ2n) is 4.86. The topological polar surface area (TPSA) is 74.2 Å². The number of aliphatic hydroxyl groups excluding tert-OH is 1. The van der Waals surface area contributed by atoms with Crippen LogP contribution in [0.15, 0.2) is 24.7 Å². The molecule has 0 spiro atoms. The van der Waals surface area contributed by atoms with Crippen molar-refractivity contribution in [2.45, 2.75) is 20.0 Å². The van der Waals surface area contributed by atoms with E-state index in [0.29, 0.717) is 25.2 Å². The molecule has 0 atom stereocenters. The standard InChI is InChI=1S/C14H20N4O2/c1-11(20)12-7-13(17(2)8-12)9-18(5-6-19)10-14-15-3-4-16-14/h3-4,7-8,19H,5-6,9-10H2,1-2H3,(H,15,16). The fourth-order valence-electron chi connectivity index (χ4n) is 2.14. The molecule has 20 heavy (non-hydrogen) atoms. The van der Waals surface area contributed by atoms with E-state index in [2.05, 4.69) is 14.9 Å². The van der Waals surface area contributed by atoms with Gasteiger partial charge in [-0.25, -0.2) is 4.98 Å². The smallest absolute Gasteiger partial charge is 0.161 e. The molecule has 2 aromatic heterocycles. The summed E-state index contributed by atoms with van der Waals surface area (Å²) in [5.74, 6) is 0.922. The molecule has 0 saturated carbocycles. The molecule has 2 N–H and O–H groups in total. The summed E-state index contributed by atoms with van der Waals surface area (Å²) in [6, 6.07) is 1.90. The van der Waals surface area contributed by atoms with Gasteiger partial charge in [0.15, 0.2) is 5.78 Å². The number of nitrogens with zero attached hydrogens (tertiary/aromatic N) is 3. The summed E-state index contributed by atoms with van der Waals surface area (Å²) in [5, 5.41) is 9.17. The minimum absolute atomic E-state index is 0.0617. The summed E-state index contributed by atoms with van der Waals surface area (Å²) in [6.45, 7) is 3.50. The number of aryl methyl sites for hydroxylation is 1. The average molecular weight is 276 g/mol. The van der Waals surface area contributed by atoms with Gasteiger partial charge in [0.05, 0.1) is 13.2 Å². The van der Waals surface area contributed by atoms with Crippen LogP contribution in [0.1, 0.15) is 28.8 Å². The third-order valence-electron chi connectivity index (χ3n) is 3.24. The van der Waals surface area contributed by atoms with Crippen molar-refractivity contribution in [1.82, 2.24) is 19.4 Å². The summed E-state index contributed by atoms with van der Waals surface area (Å²) in [6.07, 6.45) is 5.33. The fraction of sp³-hybridized carbons (Fsp3) is 0.429. The molecule has 0 saturated heterocycles. The highest BCUT2D eigenvalue weighted by Crippen LogP contribution is 2.12. The first kappa shape index (κ1) is 14.5. The highest BCUT2D eigenvalue weighted by Gasteiger charge is 2.12. The van der Waals surface area contributed by atoms with Crippen molar-refractivity contribution in [3.8, 4) is 0 Å². The van der Waals surface area contributed by atoms with Gasteiger partial charge in [0, 0.05) is 50.0 Å². The molecule has 0 aliphatic heterocycles. The Kier molecular flexibility index (Phi) is 4.70. The number of aromatic nitrogens is 3. The first-order valence-electron chi connectivity index (χ1n) is 6.58. The number of hydrogen-bond acceptors (Lipinski definition) is 4. The van der Waals surface area contributed by atoms with Crippen LogP contribution in [0.4, 0.5) is 0 Å². The van der Waals surface area contributed by atoms with Crippen molar-refractivity contribution < 1.29 is 9.90 Å². The molecule has 0 radical (unpaired) electrons. The monoisotopic (exact) mass is 276 g/mol. The van der Waals surface area contributed by atoms with Crippen LogP contribution in [0, 0.1) is 0 Å². The lowest BCUT2D eigenvalue weighted by atomic mass is 10.2. The van der Waals surface area contributed by atoms with Crippen molar-refractivity contribution in [3.63, 3.8) is 0 Å². The Morgan fingerprint density at radius 3 is 2.85 bits per heavy atom. The molecule has 0 aliphatic rings. The van der Waals surface area contributed by atoms with E-state index in [1.807, 2.05) is 23.9 Å². The lowest BCUT2D eigenvalue weighted by molar-refractivity contribution is 0.101. The highest BCUT2D eigenvalue weighted by atomic mass is 16.3. The van der Waals surface area contributed by atoms with E-state index in [4.69, 9.17) is 0 Å². The van der Waals surface area contributed by atoms with Gasteiger partial charge in [-0.3, -0.25) is 9.69 Å². The van der Waals surface area contributed by atoms with E-state index in [0.717, 1.165) is 11.5 Å².